The van der Waals surface area contributed by atoms with E-state index < -0.39 is 5.97 Å². The molecule has 0 saturated carbocycles. The Balaban J connectivity index is 2.03. The second-order valence-electron chi connectivity index (χ2n) is 6.10. The van der Waals surface area contributed by atoms with Crippen LogP contribution in [0.15, 0.2) is 53.3 Å². The SMILES string of the molecule is O=C(O)CCCn1c2c(c3ccccc3c1=O)C(=O)c1ccccc1-2. The molecule has 124 valence electrons. The molecule has 25 heavy (non-hydrogen) atoms. The van der Waals surface area contributed by atoms with E-state index in [1.807, 2.05) is 18.2 Å². The quantitative estimate of drug-likeness (QED) is 0.623. The number of carboxylic acids is 1. The van der Waals surface area contributed by atoms with Gasteiger partial charge in [-0.2, -0.15) is 0 Å². The summed E-state index contributed by atoms with van der Waals surface area (Å²) in [5.41, 5.74) is 2.27. The average molecular weight is 333 g/mol. The number of ketones is 1. The van der Waals surface area contributed by atoms with Gasteiger partial charge in [0.2, 0.25) is 0 Å². The predicted molar refractivity (Wildman–Crippen MR) is 93.9 cm³/mol. The van der Waals surface area contributed by atoms with Crippen LogP contribution < -0.4 is 5.56 Å². The lowest BCUT2D eigenvalue weighted by Crippen LogP contribution is -2.23. The van der Waals surface area contributed by atoms with Crippen LogP contribution in [0, 0.1) is 0 Å². The molecule has 5 heteroatoms. The lowest BCUT2D eigenvalue weighted by atomic mass is 10.0. The van der Waals surface area contributed by atoms with Crippen LogP contribution in [0.25, 0.3) is 22.0 Å². The maximum atomic E-state index is 13.0. The van der Waals surface area contributed by atoms with Crippen molar-refractivity contribution in [1.82, 2.24) is 4.57 Å². The Morgan fingerprint density at radius 2 is 1.56 bits per heavy atom. The molecule has 2 aromatic carbocycles. The van der Waals surface area contributed by atoms with Gasteiger partial charge in [0, 0.05) is 34.9 Å². The van der Waals surface area contributed by atoms with Crippen molar-refractivity contribution in [2.45, 2.75) is 19.4 Å². The number of carbonyl (C=O) groups is 2. The van der Waals surface area contributed by atoms with E-state index in [4.69, 9.17) is 5.11 Å². The fourth-order valence-electron chi connectivity index (χ4n) is 3.53. The summed E-state index contributed by atoms with van der Waals surface area (Å²) in [6, 6.07) is 14.3. The molecule has 1 heterocycles. The highest BCUT2D eigenvalue weighted by molar-refractivity contribution is 6.26. The van der Waals surface area contributed by atoms with Crippen LogP contribution >= 0.6 is 0 Å². The third-order valence-electron chi connectivity index (χ3n) is 4.60. The minimum atomic E-state index is -0.901. The number of fused-ring (bicyclic) bond motifs is 5. The molecule has 1 aliphatic rings. The number of carboxylic acid groups (broad SMARTS) is 1. The van der Waals surface area contributed by atoms with Crippen molar-refractivity contribution in [2.75, 3.05) is 0 Å². The van der Waals surface area contributed by atoms with E-state index >= 15 is 0 Å². The molecule has 0 fully saturated rings. The Kier molecular flexibility index (Phi) is 3.50. The Bertz CT molecular complexity index is 1090. The summed E-state index contributed by atoms with van der Waals surface area (Å²) in [4.78, 5) is 36.8. The number of benzene rings is 2. The molecule has 0 unspecified atom stereocenters. The maximum Gasteiger partial charge on any atom is 0.303 e. The number of hydrogen-bond donors (Lipinski definition) is 1. The van der Waals surface area contributed by atoms with E-state index in [0.29, 0.717) is 34.0 Å². The monoisotopic (exact) mass is 333 g/mol. The first-order valence-electron chi connectivity index (χ1n) is 8.11. The van der Waals surface area contributed by atoms with Gasteiger partial charge >= 0.3 is 5.97 Å². The molecule has 5 nitrogen and oxygen atoms in total. The van der Waals surface area contributed by atoms with Gasteiger partial charge < -0.3 is 9.67 Å². The molecule has 4 rings (SSSR count). The van der Waals surface area contributed by atoms with E-state index in [9.17, 15) is 14.4 Å². The minimum absolute atomic E-state index is 0.0242. The summed E-state index contributed by atoms with van der Waals surface area (Å²) in [5.74, 6) is -0.990. The number of hydrogen-bond acceptors (Lipinski definition) is 3. The van der Waals surface area contributed by atoms with Gasteiger partial charge in [0.25, 0.3) is 5.56 Å². The fraction of sp³-hybridized carbons (Fsp3) is 0.150. The number of nitrogens with zero attached hydrogens (tertiary/aromatic N) is 1. The van der Waals surface area contributed by atoms with E-state index in [-0.39, 0.29) is 24.3 Å². The molecule has 1 aliphatic carbocycles. The van der Waals surface area contributed by atoms with Gasteiger partial charge in [-0.3, -0.25) is 14.4 Å². The zero-order valence-electron chi connectivity index (χ0n) is 13.4. The molecule has 0 aliphatic heterocycles. The number of pyridine rings is 1. The molecule has 0 saturated heterocycles. The van der Waals surface area contributed by atoms with Crippen molar-refractivity contribution < 1.29 is 14.7 Å². The lowest BCUT2D eigenvalue weighted by Gasteiger charge is -2.14. The Labute approximate surface area is 143 Å². The summed E-state index contributed by atoms with van der Waals surface area (Å²) in [7, 11) is 0. The van der Waals surface area contributed by atoms with Crippen LogP contribution in [0.1, 0.15) is 28.8 Å². The van der Waals surface area contributed by atoms with Gasteiger partial charge in [-0.05, 0) is 12.5 Å². The first kappa shape index (κ1) is 15.3. The molecule has 0 bridgehead atoms. The van der Waals surface area contributed by atoms with Crippen LogP contribution in [0.5, 0.6) is 0 Å². The molecule has 1 aromatic heterocycles. The van der Waals surface area contributed by atoms with Crippen LogP contribution in [-0.4, -0.2) is 21.4 Å². The van der Waals surface area contributed by atoms with Crippen molar-refractivity contribution in [1.29, 1.82) is 0 Å². The molecule has 1 N–H and O–H groups in total. The van der Waals surface area contributed by atoms with E-state index in [0.717, 1.165) is 5.56 Å². The maximum absolute atomic E-state index is 13.0. The number of aromatic nitrogens is 1. The summed E-state index contributed by atoms with van der Waals surface area (Å²) in [6.45, 7) is 0.264. The van der Waals surface area contributed by atoms with Gasteiger partial charge in [0.1, 0.15) is 0 Å². The van der Waals surface area contributed by atoms with Gasteiger partial charge in [-0.25, -0.2) is 0 Å². The van der Waals surface area contributed by atoms with Crippen LogP contribution in [0.2, 0.25) is 0 Å². The van der Waals surface area contributed by atoms with Crippen LogP contribution in [-0.2, 0) is 11.3 Å². The normalized spacial score (nSPS) is 12.2. The van der Waals surface area contributed by atoms with Crippen molar-refractivity contribution in [2.24, 2.45) is 0 Å². The second-order valence-corrected chi connectivity index (χ2v) is 6.10. The highest BCUT2D eigenvalue weighted by Crippen LogP contribution is 2.39. The summed E-state index contributed by atoms with van der Waals surface area (Å²) in [5, 5.41) is 10.0. The molecule has 3 aromatic rings. The van der Waals surface area contributed by atoms with Gasteiger partial charge in [-0.15, -0.1) is 0 Å². The predicted octanol–water partition coefficient (Wildman–Crippen LogP) is 3.08. The summed E-state index contributed by atoms with van der Waals surface area (Å²) >= 11 is 0. The smallest absolute Gasteiger partial charge is 0.303 e. The molecule has 0 atom stereocenters. The summed E-state index contributed by atoms with van der Waals surface area (Å²) in [6.07, 6.45) is 0.306. The van der Waals surface area contributed by atoms with Gasteiger partial charge in [0.05, 0.1) is 11.3 Å². The first-order chi connectivity index (χ1) is 12.1. The first-order valence-corrected chi connectivity index (χ1v) is 8.11. The zero-order valence-corrected chi connectivity index (χ0v) is 13.4. The second kappa shape index (κ2) is 5.70. The molecule has 0 radical (unpaired) electrons. The van der Waals surface area contributed by atoms with Crippen molar-refractivity contribution >= 4 is 22.5 Å². The Hall–Kier alpha value is -3.21. The Morgan fingerprint density at radius 3 is 2.28 bits per heavy atom. The average Bonchev–Trinajstić information content (AvgIpc) is 2.91. The summed E-state index contributed by atoms with van der Waals surface area (Å²) < 4.78 is 1.56. The zero-order chi connectivity index (χ0) is 17.6. The van der Waals surface area contributed by atoms with E-state index in [1.54, 1.807) is 34.9 Å². The standard InChI is InChI=1S/C20H15NO4/c22-16(23)10-5-11-21-18-13-7-2-3-8-14(13)19(24)17(18)12-6-1-4-9-15(12)20(21)25/h1-4,6-9H,5,10-11H2,(H,22,23). The molecule has 0 spiro atoms. The highest BCUT2D eigenvalue weighted by Gasteiger charge is 2.32. The van der Waals surface area contributed by atoms with Gasteiger partial charge in [-0.1, -0.05) is 42.5 Å². The van der Waals surface area contributed by atoms with Crippen molar-refractivity contribution in [3.8, 4) is 11.3 Å². The van der Waals surface area contributed by atoms with Crippen molar-refractivity contribution in [3.63, 3.8) is 0 Å². The van der Waals surface area contributed by atoms with E-state index in [1.165, 1.54) is 0 Å². The Morgan fingerprint density at radius 1 is 0.920 bits per heavy atom. The van der Waals surface area contributed by atoms with Crippen molar-refractivity contribution in [3.05, 3.63) is 70.0 Å². The molecular weight excluding hydrogens is 318 g/mol. The number of carbonyl (C=O) groups excluding carboxylic acids is 1. The van der Waals surface area contributed by atoms with Crippen LogP contribution in [0.4, 0.5) is 0 Å². The lowest BCUT2D eigenvalue weighted by molar-refractivity contribution is -0.137. The highest BCUT2D eigenvalue weighted by atomic mass is 16.4. The number of aliphatic carboxylic acids is 1. The minimum Gasteiger partial charge on any atom is -0.481 e. The third kappa shape index (κ3) is 2.28. The van der Waals surface area contributed by atoms with E-state index in [2.05, 4.69) is 0 Å². The largest absolute Gasteiger partial charge is 0.481 e. The topological polar surface area (TPSA) is 76.4 Å². The third-order valence-corrected chi connectivity index (χ3v) is 4.60. The fourth-order valence-corrected chi connectivity index (χ4v) is 3.53. The molecular formula is C20H15NO4. The van der Waals surface area contributed by atoms with Gasteiger partial charge in [0.15, 0.2) is 5.78 Å². The number of rotatable bonds is 4. The molecule has 0 amide bonds. The van der Waals surface area contributed by atoms with Crippen LogP contribution in [0.3, 0.4) is 0 Å².